The quantitative estimate of drug-likeness (QED) is 0.407. The maximum Gasteiger partial charge on any atom is 0.190 e. The molecule has 0 radical (unpaired) electrons. The molecule has 1 fully saturated rings. The second-order valence-electron chi connectivity index (χ2n) is 5.93. The predicted molar refractivity (Wildman–Crippen MR) is 98.9 cm³/mol. The molecule has 0 bridgehead atoms. The van der Waals surface area contributed by atoms with Gasteiger partial charge in [-0.25, -0.2) is 0 Å². The topological polar surface area (TPSA) is 54.9 Å². The van der Waals surface area contributed by atoms with Crippen LogP contribution in [0.1, 0.15) is 18.4 Å². The molecule has 6 heteroatoms. The van der Waals surface area contributed by atoms with Crippen LogP contribution in [0.25, 0.3) is 0 Å². The van der Waals surface area contributed by atoms with E-state index in [2.05, 4.69) is 15.6 Å². The van der Waals surface area contributed by atoms with Crippen molar-refractivity contribution in [3.63, 3.8) is 0 Å². The van der Waals surface area contributed by atoms with E-state index in [9.17, 15) is 0 Å². The summed E-state index contributed by atoms with van der Waals surface area (Å²) in [6.45, 7) is 4.94. The number of nitrogens with one attached hydrogen (secondary N) is 2. The Morgan fingerprint density at radius 3 is 2.92 bits per heavy atom. The van der Waals surface area contributed by atoms with Gasteiger partial charge in [-0.2, -0.15) is 0 Å². The van der Waals surface area contributed by atoms with Crippen molar-refractivity contribution in [2.45, 2.75) is 19.3 Å². The fourth-order valence-corrected chi connectivity index (χ4v) is 2.81. The van der Waals surface area contributed by atoms with Crippen LogP contribution in [0.3, 0.4) is 0 Å². The number of benzene rings is 1. The molecule has 24 heavy (non-hydrogen) atoms. The molecule has 1 unspecified atom stereocenters. The molecule has 134 valence electrons. The Labute approximate surface area is 149 Å². The number of aliphatic imine (C=N–C) groups is 1. The second-order valence-corrected chi connectivity index (χ2v) is 6.33. The van der Waals surface area contributed by atoms with Gasteiger partial charge in [0.25, 0.3) is 0 Å². The molecular formula is C18H28ClN3O2. The molecule has 0 saturated carbocycles. The molecule has 1 aromatic rings. The van der Waals surface area contributed by atoms with Crippen molar-refractivity contribution >= 4 is 17.6 Å². The molecule has 0 amide bonds. The third-order valence-electron chi connectivity index (χ3n) is 4.00. The van der Waals surface area contributed by atoms with E-state index in [0.717, 1.165) is 75.3 Å². The first kappa shape index (κ1) is 19.0. The molecule has 1 aliphatic heterocycles. The Morgan fingerprint density at radius 1 is 1.33 bits per heavy atom. The van der Waals surface area contributed by atoms with Gasteiger partial charge in [0, 0.05) is 44.3 Å². The van der Waals surface area contributed by atoms with Crippen molar-refractivity contribution in [1.82, 2.24) is 10.6 Å². The Bertz CT molecular complexity index is 505. The smallest absolute Gasteiger partial charge is 0.190 e. The molecule has 2 rings (SSSR count). The minimum Gasteiger partial charge on any atom is -0.381 e. The molecule has 1 heterocycles. The lowest BCUT2D eigenvalue weighted by atomic mass is 10.1. The highest BCUT2D eigenvalue weighted by atomic mass is 35.5. The van der Waals surface area contributed by atoms with Crippen LogP contribution in [0.2, 0.25) is 5.02 Å². The number of ether oxygens (including phenoxy) is 2. The molecule has 0 aliphatic carbocycles. The van der Waals surface area contributed by atoms with Gasteiger partial charge in [-0.05, 0) is 30.9 Å². The average molecular weight is 354 g/mol. The first-order valence-corrected chi connectivity index (χ1v) is 9.01. The van der Waals surface area contributed by atoms with Crippen LogP contribution in [-0.4, -0.2) is 52.5 Å². The Hall–Kier alpha value is -1.30. The van der Waals surface area contributed by atoms with E-state index in [1.807, 2.05) is 24.3 Å². The summed E-state index contributed by atoms with van der Waals surface area (Å²) in [5.41, 5.74) is 1.14. The Balaban J connectivity index is 1.51. The molecule has 1 aliphatic rings. The van der Waals surface area contributed by atoms with E-state index in [1.165, 1.54) is 0 Å². The summed E-state index contributed by atoms with van der Waals surface area (Å²) in [5, 5.41) is 7.42. The number of rotatable bonds is 9. The first-order chi connectivity index (χ1) is 11.8. The highest BCUT2D eigenvalue weighted by molar-refractivity contribution is 6.31. The van der Waals surface area contributed by atoms with Crippen molar-refractivity contribution in [2.24, 2.45) is 10.9 Å². The predicted octanol–water partition coefficient (Wildman–Crippen LogP) is 2.49. The van der Waals surface area contributed by atoms with Crippen LogP contribution >= 0.6 is 11.6 Å². The minimum absolute atomic E-state index is 0.581. The van der Waals surface area contributed by atoms with Crippen LogP contribution in [0.4, 0.5) is 0 Å². The van der Waals surface area contributed by atoms with E-state index in [1.54, 1.807) is 7.05 Å². The van der Waals surface area contributed by atoms with Gasteiger partial charge in [0.1, 0.15) is 0 Å². The van der Waals surface area contributed by atoms with Crippen LogP contribution in [0.15, 0.2) is 29.3 Å². The molecule has 1 aromatic carbocycles. The fourth-order valence-electron chi connectivity index (χ4n) is 2.58. The van der Waals surface area contributed by atoms with E-state index in [0.29, 0.717) is 5.92 Å². The number of hydrogen-bond donors (Lipinski definition) is 2. The van der Waals surface area contributed by atoms with Gasteiger partial charge in [-0.15, -0.1) is 0 Å². The standard InChI is InChI=1S/C18H28ClN3O2/c1-20-18(22-10-7-16-5-2-3-6-17(16)19)21-9-4-11-23-13-15-8-12-24-14-15/h2-3,5-6,15H,4,7-14H2,1H3,(H2,20,21,22). The molecular weight excluding hydrogens is 326 g/mol. The normalized spacial score (nSPS) is 17.9. The van der Waals surface area contributed by atoms with Crippen LogP contribution < -0.4 is 10.6 Å². The van der Waals surface area contributed by atoms with Gasteiger partial charge in [0.05, 0.1) is 13.2 Å². The highest BCUT2D eigenvalue weighted by Crippen LogP contribution is 2.14. The van der Waals surface area contributed by atoms with Crippen LogP contribution in [0, 0.1) is 5.92 Å². The lowest BCUT2D eigenvalue weighted by molar-refractivity contribution is 0.0888. The molecule has 5 nitrogen and oxygen atoms in total. The molecule has 1 saturated heterocycles. The largest absolute Gasteiger partial charge is 0.381 e. The first-order valence-electron chi connectivity index (χ1n) is 8.63. The van der Waals surface area contributed by atoms with E-state index < -0.39 is 0 Å². The van der Waals surface area contributed by atoms with Crippen molar-refractivity contribution in [3.05, 3.63) is 34.9 Å². The SMILES string of the molecule is CN=C(NCCCOCC1CCOC1)NCCc1ccccc1Cl. The molecule has 1 atom stereocenters. The van der Waals surface area contributed by atoms with Crippen LogP contribution in [-0.2, 0) is 15.9 Å². The Kier molecular flexibility index (Phi) is 8.95. The zero-order chi connectivity index (χ0) is 17.0. The number of hydrogen-bond acceptors (Lipinski definition) is 3. The number of guanidine groups is 1. The van der Waals surface area contributed by atoms with Gasteiger partial charge in [0.2, 0.25) is 0 Å². The maximum atomic E-state index is 6.16. The lowest BCUT2D eigenvalue weighted by Gasteiger charge is -2.13. The summed E-state index contributed by atoms with van der Waals surface area (Å²) in [6.07, 6.45) is 2.95. The summed E-state index contributed by atoms with van der Waals surface area (Å²) in [7, 11) is 1.78. The third kappa shape index (κ3) is 7.07. The summed E-state index contributed by atoms with van der Waals surface area (Å²) < 4.78 is 11.0. The van der Waals surface area contributed by atoms with E-state index in [4.69, 9.17) is 21.1 Å². The van der Waals surface area contributed by atoms with Gasteiger partial charge >= 0.3 is 0 Å². The van der Waals surface area contributed by atoms with Gasteiger partial charge in [-0.1, -0.05) is 29.8 Å². The van der Waals surface area contributed by atoms with Crippen molar-refractivity contribution in [1.29, 1.82) is 0 Å². The van der Waals surface area contributed by atoms with Crippen molar-refractivity contribution in [2.75, 3.05) is 46.6 Å². The third-order valence-corrected chi connectivity index (χ3v) is 4.37. The molecule has 2 N–H and O–H groups in total. The van der Waals surface area contributed by atoms with Crippen molar-refractivity contribution in [3.8, 4) is 0 Å². The molecule has 0 spiro atoms. The molecule has 0 aromatic heterocycles. The highest BCUT2D eigenvalue weighted by Gasteiger charge is 2.15. The van der Waals surface area contributed by atoms with Crippen LogP contribution in [0.5, 0.6) is 0 Å². The van der Waals surface area contributed by atoms with Gasteiger partial charge < -0.3 is 20.1 Å². The Morgan fingerprint density at radius 2 is 2.17 bits per heavy atom. The summed E-state index contributed by atoms with van der Waals surface area (Å²) in [4.78, 5) is 4.23. The second kappa shape index (κ2) is 11.3. The lowest BCUT2D eigenvalue weighted by Crippen LogP contribution is -2.39. The zero-order valence-electron chi connectivity index (χ0n) is 14.4. The maximum absolute atomic E-state index is 6.16. The summed E-state index contributed by atoms with van der Waals surface area (Å²) in [5.74, 6) is 1.39. The average Bonchev–Trinajstić information content (AvgIpc) is 3.11. The van der Waals surface area contributed by atoms with Gasteiger partial charge in [-0.3, -0.25) is 4.99 Å². The minimum atomic E-state index is 0.581. The fraction of sp³-hybridized carbons (Fsp3) is 0.611. The van der Waals surface area contributed by atoms with Gasteiger partial charge in [0.15, 0.2) is 5.96 Å². The van der Waals surface area contributed by atoms with E-state index >= 15 is 0 Å². The summed E-state index contributed by atoms with van der Waals surface area (Å²) in [6, 6.07) is 7.92. The van der Waals surface area contributed by atoms with Crippen molar-refractivity contribution < 1.29 is 9.47 Å². The summed E-state index contributed by atoms with van der Waals surface area (Å²) >= 11 is 6.16. The van der Waals surface area contributed by atoms with E-state index in [-0.39, 0.29) is 0 Å². The monoisotopic (exact) mass is 353 g/mol. The zero-order valence-corrected chi connectivity index (χ0v) is 15.1. The number of nitrogens with zero attached hydrogens (tertiary/aromatic N) is 1. The number of halogens is 1.